The summed E-state index contributed by atoms with van der Waals surface area (Å²) in [5, 5.41) is 9.19. The summed E-state index contributed by atoms with van der Waals surface area (Å²) < 4.78 is 0. The summed E-state index contributed by atoms with van der Waals surface area (Å²) >= 11 is 0. The van der Waals surface area contributed by atoms with Crippen LogP contribution in [0.15, 0.2) is 30.3 Å². The van der Waals surface area contributed by atoms with Gasteiger partial charge in [0, 0.05) is 43.9 Å². The summed E-state index contributed by atoms with van der Waals surface area (Å²) in [5.74, 6) is 0.645. The van der Waals surface area contributed by atoms with E-state index in [9.17, 15) is 9.59 Å². The molecule has 2 saturated heterocycles. The molecule has 0 spiro atoms. The monoisotopic (exact) mass is 366 g/mol. The Kier molecular flexibility index (Phi) is 4.29. The minimum Gasteiger partial charge on any atom is -0.351 e. The largest absolute Gasteiger partial charge is 0.351 e. The number of para-hydroxylation sites is 1. The normalized spacial score (nSPS) is 26.7. The molecule has 6 heteroatoms. The first kappa shape index (κ1) is 17.8. The Labute approximate surface area is 159 Å². The van der Waals surface area contributed by atoms with Crippen LogP contribution in [0.4, 0.5) is 0 Å². The van der Waals surface area contributed by atoms with Gasteiger partial charge in [0.2, 0.25) is 5.91 Å². The number of nitrogens with one attached hydrogen (secondary N) is 2. The number of aromatic amines is 1. The lowest BCUT2D eigenvalue weighted by molar-refractivity contribution is -0.131. The Morgan fingerprint density at radius 3 is 2.81 bits per heavy atom. The zero-order valence-electron chi connectivity index (χ0n) is 15.9. The Balaban J connectivity index is 1.53. The molecule has 2 aliphatic heterocycles. The smallest absolute Gasteiger partial charge is 0.270 e. The number of aromatic nitrogens is 1. The number of piperidine rings is 2. The van der Waals surface area contributed by atoms with Crippen LogP contribution in [0.3, 0.4) is 0 Å². The van der Waals surface area contributed by atoms with Crippen molar-refractivity contribution in [2.45, 2.75) is 32.6 Å². The Bertz CT molecular complexity index is 865. The van der Waals surface area contributed by atoms with Gasteiger partial charge >= 0.3 is 0 Å². The van der Waals surface area contributed by atoms with Crippen molar-refractivity contribution in [1.82, 2.24) is 14.8 Å². The van der Waals surface area contributed by atoms with Gasteiger partial charge in [0.25, 0.3) is 5.91 Å². The maximum Gasteiger partial charge on any atom is 0.270 e. The van der Waals surface area contributed by atoms with Crippen molar-refractivity contribution < 1.29 is 9.59 Å². The molecular formula is C21H26N4O2. The summed E-state index contributed by atoms with van der Waals surface area (Å²) in [7, 11) is 1.68. The number of amidine groups is 1. The molecule has 0 saturated carbocycles. The summed E-state index contributed by atoms with van der Waals surface area (Å²) in [6.45, 7) is 3.50. The molecular weight excluding hydrogens is 340 g/mol. The average molecular weight is 366 g/mol. The van der Waals surface area contributed by atoms with Crippen LogP contribution in [-0.2, 0) is 4.79 Å². The molecule has 0 radical (unpaired) electrons. The molecule has 2 fully saturated rings. The fourth-order valence-corrected chi connectivity index (χ4v) is 4.56. The fraction of sp³-hybridized carbons (Fsp3) is 0.476. The Morgan fingerprint density at radius 2 is 2.07 bits per heavy atom. The van der Waals surface area contributed by atoms with Crippen LogP contribution in [0.25, 0.3) is 10.9 Å². The van der Waals surface area contributed by atoms with E-state index in [0.29, 0.717) is 30.9 Å². The predicted octanol–water partition coefficient (Wildman–Crippen LogP) is 3.26. The summed E-state index contributed by atoms with van der Waals surface area (Å²) in [4.78, 5) is 32.0. The van der Waals surface area contributed by atoms with E-state index in [2.05, 4.69) is 11.9 Å². The van der Waals surface area contributed by atoms with Crippen molar-refractivity contribution in [1.29, 1.82) is 5.41 Å². The molecule has 0 bridgehead atoms. The van der Waals surface area contributed by atoms with E-state index in [1.165, 1.54) is 4.90 Å². The van der Waals surface area contributed by atoms with Crippen molar-refractivity contribution in [3.8, 4) is 0 Å². The van der Waals surface area contributed by atoms with Gasteiger partial charge in [-0.3, -0.25) is 15.0 Å². The van der Waals surface area contributed by atoms with Gasteiger partial charge in [-0.05, 0) is 36.3 Å². The van der Waals surface area contributed by atoms with Crippen LogP contribution in [0.1, 0.15) is 43.1 Å². The number of benzene rings is 1. The highest BCUT2D eigenvalue weighted by molar-refractivity contribution is 6.00. The van der Waals surface area contributed by atoms with Crippen LogP contribution < -0.4 is 0 Å². The van der Waals surface area contributed by atoms with E-state index in [4.69, 9.17) is 5.41 Å². The van der Waals surface area contributed by atoms with E-state index in [1.807, 2.05) is 35.2 Å². The minimum absolute atomic E-state index is 0.00724. The zero-order chi connectivity index (χ0) is 19.2. The van der Waals surface area contributed by atoms with Gasteiger partial charge in [0.15, 0.2) is 0 Å². The molecule has 2 aliphatic rings. The molecule has 27 heavy (non-hydrogen) atoms. The molecule has 6 nitrogen and oxygen atoms in total. The van der Waals surface area contributed by atoms with E-state index >= 15 is 0 Å². The van der Waals surface area contributed by atoms with E-state index in [1.54, 1.807) is 7.05 Å². The maximum absolute atomic E-state index is 13.1. The molecule has 2 atom stereocenters. The molecule has 2 N–H and O–H groups in total. The molecule has 2 aromatic rings. The molecule has 3 heterocycles. The van der Waals surface area contributed by atoms with Gasteiger partial charge in [0.1, 0.15) is 11.5 Å². The quantitative estimate of drug-likeness (QED) is 0.855. The minimum atomic E-state index is -0.250. The molecule has 4 rings (SSSR count). The fourth-order valence-electron chi connectivity index (χ4n) is 4.56. The van der Waals surface area contributed by atoms with Gasteiger partial charge in [-0.1, -0.05) is 25.1 Å². The summed E-state index contributed by atoms with van der Waals surface area (Å²) in [5.41, 5.74) is 1.34. The Morgan fingerprint density at radius 1 is 1.30 bits per heavy atom. The maximum atomic E-state index is 13.1. The van der Waals surface area contributed by atoms with Crippen molar-refractivity contribution in [2.24, 2.45) is 11.3 Å². The van der Waals surface area contributed by atoms with Gasteiger partial charge < -0.3 is 14.8 Å². The van der Waals surface area contributed by atoms with Gasteiger partial charge in [0.05, 0.1) is 0 Å². The second kappa shape index (κ2) is 6.51. The van der Waals surface area contributed by atoms with Crippen LogP contribution in [0.5, 0.6) is 0 Å². The van der Waals surface area contributed by atoms with Crippen LogP contribution >= 0.6 is 0 Å². The summed E-state index contributed by atoms with van der Waals surface area (Å²) in [6.07, 6.45) is 2.97. The predicted molar refractivity (Wildman–Crippen MR) is 105 cm³/mol. The molecule has 0 aliphatic carbocycles. The number of rotatable bonds is 2. The highest BCUT2D eigenvalue weighted by Gasteiger charge is 2.44. The molecule has 1 aromatic heterocycles. The van der Waals surface area contributed by atoms with Crippen LogP contribution in [-0.4, -0.2) is 52.6 Å². The number of nitrogens with zero attached hydrogens (tertiary/aromatic N) is 2. The first-order valence-electron chi connectivity index (χ1n) is 9.58. The standard InChI is InChI=1S/C21H26N4O2/c1-21(11-18(22)24(2)19(26)12-21)15-7-5-9-25(13-15)20(27)17-10-14-6-3-4-8-16(14)23-17/h3-4,6,8,10,15,22-23H,5,7,9,11-13H2,1-2H3/t15?,21-/m0/s1. The second-order valence-corrected chi connectivity index (χ2v) is 8.27. The average Bonchev–Trinajstić information content (AvgIpc) is 3.10. The number of hydrogen-bond acceptors (Lipinski definition) is 3. The van der Waals surface area contributed by atoms with E-state index in [-0.39, 0.29) is 23.1 Å². The first-order valence-corrected chi connectivity index (χ1v) is 9.58. The van der Waals surface area contributed by atoms with E-state index < -0.39 is 0 Å². The topological polar surface area (TPSA) is 80.3 Å². The summed E-state index contributed by atoms with van der Waals surface area (Å²) in [6, 6.07) is 9.81. The highest BCUT2D eigenvalue weighted by atomic mass is 16.2. The first-order chi connectivity index (χ1) is 12.9. The van der Waals surface area contributed by atoms with Crippen molar-refractivity contribution in [3.63, 3.8) is 0 Å². The number of likely N-dealkylation sites (tertiary alicyclic amines) is 2. The van der Waals surface area contributed by atoms with E-state index in [0.717, 1.165) is 30.3 Å². The molecule has 142 valence electrons. The zero-order valence-corrected chi connectivity index (χ0v) is 15.9. The lowest BCUT2D eigenvalue weighted by Gasteiger charge is -2.46. The number of hydrogen-bond donors (Lipinski definition) is 2. The third-order valence-electron chi connectivity index (χ3n) is 6.36. The number of H-pyrrole nitrogens is 1. The van der Waals surface area contributed by atoms with Crippen molar-refractivity contribution in [3.05, 3.63) is 36.0 Å². The van der Waals surface area contributed by atoms with Crippen molar-refractivity contribution in [2.75, 3.05) is 20.1 Å². The number of fused-ring (bicyclic) bond motifs is 1. The lowest BCUT2D eigenvalue weighted by atomic mass is 9.67. The Hall–Kier alpha value is -2.63. The number of carbonyl (C=O) groups excluding carboxylic acids is 2. The third-order valence-corrected chi connectivity index (χ3v) is 6.36. The van der Waals surface area contributed by atoms with Crippen molar-refractivity contribution >= 4 is 28.6 Å². The third kappa shape index (κ3) is 3.13. The molecule has 1 unspecified atom stereocenters. The number of amides is 2. The second-order valence-electron chi connectivity index (χ2n) is 8.27. The molecule has 2 amide bonds. The number of carbonyl (C=O) groups is 2. The molecule has 1 aromatic carbocycles. The van der Waals surface area contributed by atoms with Crippen LogP contribution in [0, 0.1) is 16.7 Å². The van der Waals surface area contributed by atoms with Crippen LogP contribution in [0.2, 0.25) is 0 Å². The highest BCUT2D eigenvalue weighted by Crippen LogP contribution is 2.43. The van der Waals surface area contributed by atoms with Gasteiger partial charge in [-0.2, -0.15) is 0 Å². The SMILES string of the molecule is CN1C(=N)C[C@](C)(C2CCCN(C(=O)c3cc4ccccc4[nH]3)C2)CC1=O. The van der Waals surface area contributed by atoms with Gasteiger partial charge in [-0.25, -0.2) is 0 Å². The van der Waals surface area contributed by atoms with Gasteiger partial charge in [-0.15, -0.1) is 0 Å². The lowest BCUT2D eigenvalue weighted by Crippen LogP contribution is -2.51.